The van der Waals surface area contributed by atoms with Gasteiger partial charge >= 0.3 is 6.03 Å². The Balaban J connectivity index is 1.32. The molecule has 0 radical (unpaired) electrons. The van der Waals surface area contributed by atoms with Crippen LogP contribution in [0, 0.1) is 11.7 Å². The number of benzene rings is 1. The van der Waals surface area contributed by atoms with Crippen LogP contribution in [-0.4, -0.2) is 65.0 Å². The summed E-state index contributed by atoms with van der Waals surface area (Å²) in [6.07, 6.45) is 7.29. The maximum absolute atomic E-state index is 13.9. The Hall–Kier alpha value is -3.59. The lowest BCUT2D eigenvalue weighted by Crippen LogP contribution is -2.54. The molecule has 1 aromatic carbocycles. The van der Waals surface area contributed by atoms with Crippen LogP contribution in [-0.2, 0) is 19.9 Å². The normalized spacial score (nSPS) is 25.1. The number of halogens is 1. The van der Waals surface area contributed by atoms with Crippen molar-refractivity contribution in [2.75, 3.05) is 26.2 Å². The first kappa shape index (κ1) is 24.1. The van der Waals surface area contributed by atoms with Crippen LogP contribution < -0.4 is 5.32 Å². The average molecular weight is 493 g/mol. The van der Waals surface area contributed by atoms with E-state index in [0.717, 1.165) is 12.8 Å². The Morgan fingerprint density at radius 2 is 2.00 bits per heavy atom. The summed E-state index contributed by atoms with van der Waals surface area (Å²) in [6.45, 7) is 1.72. The highest BCUT2D eigenvalue weighted by molar-refractivity contribution is 6.07. The summed E-state index contributed by atoms with van der Waals surface area (Å²) >= 11 is 0. The summed E-state index contributed by atoms with van der Waals surface area (Å²) in [7, 11) is 0. The Morgan fingerprint density at radius 1 is 1.17 bits per heavy atom. The molecular weight excluding hydrogens is 463 g/mol. The fraction of sp³-hybridized carbons (Fsp3) is 0.407. The summed E-state index contributed by atoms with van der Waals surface area (Å²) in [5, 5.41) is 2.99. The molecule has 8 nitrogen and oxygen atoms in total. The molecule has 0 unspecified atom stereocenters. The van der Waals surface area contributed by atoms with Crippen LogP contribution >= 0.6 is 0 Å². The van der Waals surface area contributed by atoms with Crippen LogP contribution in [0.3, 0.4) is 0 Å². The van der Waals surface area contributed by atoms with E-state index < -0.39 is 11.6 Å². The van der Waals surface area contributed by atoms with Crippen molar-refractivity contribution in [3.63, 3.8) is 0 Å². The number of carbonyl (C=O) groups is 3. The third-order valence-corrected chi connectivity index (χ3v) is 7.30. The van der Waals surface area contributed by atoms with Gasteiger partial charge in [0.2, 0.25) is 5.91 Å². The van der Waals surface area contributed by atoms with E-state index in [1.54, 1.807) is 41.4 Å². The largest absolute Gasteiger partial charge is 0.376 e. The molecule has 1 N–H and O–H groups in total. The van der Waals surface area contributed by atoms with E-state index in [1.165, 1.54) is 23.1 Å². The number of piperidine rings is 1. The van der Waals surface area contributed by atoms with Crippen LogP contribution in [0.2, 0.25) is 0 Å². The van der Waals surface area contributed by atoms with Gasteiger partial charge < -0.3 is 15.0 Å². The summed E-state index contributed by atoms with van der Waals surface area (Å²) in [5.74, 6) is -1.07. The van der Waals surface area contributed by atoms with Gasteiger partial charge in [-0.1, -0.05) is 18.2 Å². The molecule has 2 aromatic rings. The Kier molecular flexibility index (Phi) is 6.82. The molecule has 3 aliphatic rings. The van der Waals surface area contributed by atoms with Crippen molar-refractivity contribution in [3.05, 3.63) is 71.8 Å². The molecule has 1 aromatic heterocycles. The van der Waals surface area contributed by atoms with Crippen molar-refractivity contribution in [2.45, 2.75) is 37.3 Å². The van der Waals surface area contributed by atoms with Gasteiger partial charge in [-0.25, -0.2) is 9.18 Å². The first-order chi connectivity index (χ1) is 17.5. The first-order valence-electron chi connectivity index (χ1n) is 12.4. The second-order valence-corrected chi connectivity index (χ2v) is 9.49. The first-order valence-corrected chi connectivity index (χ1v) is 12.4. The highest BCUT2D eigenvalue weighted by atomic mass is 19.1. The number of pyridine rings is 1. The molecule has 3 fully saturated rings. The highest BCUT2D eigenvalue weighted by Crippen LogP contribution is 2.41. The number of hydrogen-bond donors (Lipinski definition) is 1. The summed E-state index contributed by atoms with van der Waals surface area (Å²) < 4.78 is 19.1. The number of amides is 4. The fourth-order valence-corrected chi connectivity index (χ4v) is 5.42. The van der Waals surface area contributed by atoms with E-state index in [1.807, 2.05) is 6.07 Å². The predicted octanol–water partition coefficient (Wildman–Crippen LogP) is 3.10. The lowest BCUT2D eigenvalue weighted by Gasteiger charge is -2.40. The molecular formula is C27H29FN4O4. The van der Waals surface area contributed by atoms with Crippen molar-refractivity contribution >= 4 is 23.9 Å². The van der Waals surface area contributed by atoms with Gasteiger partial charge in [-0.3, -0.25) is 19.5 Å². The number of imide groups is 1. The summed E-state index contributed by atoms with van der Waals surface area (Å²) in [6, 6.07) is 11.0. The Morgan fingerprint density at radius 3 is 2.69 bits per heavy atom. The molecule has 4 amide bonds. The number of carbonyl (C=O) groups excluding carboxylic acids is 3. The Bertz CT molecular complexity index is 1160. The molecule has 0 saturated carbocycles. The van der Waals surface area contributed by atoms with E-state index in [4.69, 9.17) is 4.74 Å². The predicted molar refractivity (Wildman–Crippen MR) is 130 cm³/mol. The maximum Gasteiger partial charge on any atom is 0.325 e. The van der Waals surface area contributed by atoms with Gasteiger partial charge in [0.05, 0.1) is 18.3 Å². The molecule has 5 rings (SSSR count). The van der Waals surface area contributed by atoms with Crippen LogP contribution in [0.5, 0.6) is 0 Å². The maximum atomic E-state index is 13.9. The number of likely N-dealkylation sites (tertiary alicyclic amines) is 1. The number of rotatable bonds is 6. The quantitative estimate of drug-likeness (QED) is 0.494. The zero-order valence-electron chi connectivity index (χ0n) is 19.9. The minimum Gasteiger partial charge on any atom is -0.376 e. The van der Waals surface area contributed by atoms with Gasteiger partial charge in [0, 0.05) is 37.9 Å². The number of aromatic nitrogens is 1. The second kappa shape index (κ2) is 10.2. The molecule has 9 heteroatoms. The molecule has 36 heavy (non-hydrogen) atoms. The fourth-order valence-electron chi connectivity index (χ4n) is 5.42. The minimum absolute atomic E-state index is 0.149. The van der Waals surface area contributed by atoms with E-state index in [2.05, 4.69) is 10.3 Å². The van der Waals surface area contributed by atoms with Gasteiger partial charge in [0.25, 0.3) is 5.91 Å². The van der Waals surface area contributed by atoms with E-state index in [0.29, 0.717) is 43.8 Å². The minimum atomic E-state index is -1.27. The zero-order chi connectivity index (χ0) is 25.1. The van der Waals surface area contributed by atoms with Gasteiger partial charge in [0.15, 0.2) is 5.54 Å². The third kappa shape index (κ3) is 4.63. The van der Waals surface area contributed by atoms with Crippen molar-refractivity contribution < 1.29 is 23.5 Å². The highest BCUT2D eigenvalue weighted by Gasteiger charge is 2.58. The van der Waals surface area contributed by atoms with Crippen LogP contribution in [0.25, 0.3) is 6.08 Å². The van der Waals surface area contributed by atoms with Crippen molar-refractivity contribution in [1.29, 1.82) is 0 Å². The van der Waals surface area contributed by atoms with E-state index >= 15 is 0 Å². The van der Waals surface area contributed by atoms with Crippen molar-refractivity contribution in [2.24, 2.45) is 5.92 Å². The zero-order valence-corrected chi connectivity index (χ0v) is 19.9. The lowest BCUT2D eigenvalue weighted by atomic mass is 9.75. The topological polar surface area (TPSA) is 91.8 Å². The van der Waals surface area contributed by atoms with Gasteiger partial charge in [-0.2, -0.15) is 0 Å². The SMILES string of the molecule is O=C(/C=C/c1cccc(F)c1)N1CCC([C@@]2(c3ccccn3)NC(=O)N(C[C@@H]3CCCO3)C2=O)CC1. The van der Waals surface area contributed by atoms with Crippen LogP contribution in [0.1, 0.15) is 36.9 Å². The van der Waals surface area contributed by atoms with Crippen molar-refractivity contribution in [1.82, 2.24) is 20.1 Å². The number of ether oxygens (including phenoxy) is 1. The number of nitrogens with zero attached hydrogens (tertiary/aromatic N) is 3. The number of urea groups is 1. The molecule has 3 aliphatic heterocycles. The summed E-state index contributed by atoms with van der Waals surface area (Å²) in [4.78, 5) is 47.1. The standard InChI is InChI=1S/C27H29FN4O4/c28-21-6-3-5-19(17-21)9-10-24(33)31-14-11-20(12-15-31)27(23-8-1-2-13-29-23)25(34)32(26(35)30-27)18-22-7-4-16-36-22/h1-3,5-6,8-10,13,17,20,22H,4,7,11-12,14-16,18H2,(H,30,35)/b10-9+/t22-,27-/m0/s1. The average Bonchev–Trinajstić information content (AvgIpc) is 3.51. The molecule has 3 saturated heterocycles. The monoisotopic (exact) mass is 492 g/mol. The number of nitrogens with one attached hydrogen (secondary N) is 1. The third-order valence-electron chi connectivity index (χ3n) is 7.30. The van der Waals surface area contributed by atoms with E-state index in [-0.39, 0.29) is 36.2 Å². The molecule has 2 atom stereocenters. The van der Waals surface area contributed by atoms with Crippen LogP contribution in [0.4, 0.5) is 9.18 Å². The Labute approximate surface area is 209 Å². The lowest BCUT2D eigenvalue weighted by molar-refractivity contribution is -0.136. The summed E-state index contributed by atoms with van der Waals surface area (Å²) in [5.41, 5.74) is -0.157. The van der Waals surface area contributed by atoms with Crippen molar-refractivity contribution in [3.8, 4) is 0 Å². The second-order valence-electron chi connectivity index (χ2n) is 9.49. The molecule has 0 bridgehead atoms. The molecule has 0 spiro atoms. The smallest absolute Gasteiger partial charge is 0.325 e. The molecule has 0 aliphatic carbocycles. The van der Waals surface area contributed by atoms with Gasteiger partial charge in [-0.15, -0.1) is 0 Å². The number of hydrogen-bond acceptors (Lipinski definition) is 5. The molecule has 188 valence electrons. The molecule has 4 heterocycles. The van der Waals surface area contributed by atoms with Gasteiger partial charge in [-0.05, 0) is 61.6 Å². The van der Waals surface area contributed by atoms with Gasteiger partial charge in [0.1, 0.15) is 5.82 Å². The van der Waals surface area contributed by atoms with Crippen LogP contribution in [0.15, 0.2) is 54.7 Å². The van der Waals surface area contributed by atoms with E-state index in [9.17, 15) is 18.8 Å².